The zero-order chi connectivity index (χ0) is 21.7. The van der Waals surface area contributed by atoms with E-state index in [0.29, 0.717) is 5.56 Å². The molecule has 0 aromatic heterocycles. The normalized spacial score (nSPS) is 12.2. The van der Waals surface area contributed by atoms with Crippen molar-refractivity contribution in [3.8, 4) is 11.1 Å². The maximum Gasteiger partial charge on any atom is 0.319 e. The van der Waals surface area contributed by atoms with Gasteiger partial charge in [0.1, 0.15) is 0 Å². The lowest BCUT2D eigenvalue weighted by Crippen LogP contribution is -2.26. The van der Waals surface area contributed by atoms with Crippen molar-refractivity contribution in [1.29, 1.82) is 0 Å². The summed E-state index contributed by atoms with van der Waals surface area (Å²) in [7, 11) is -3.88. The van der Waals surface area contributed by atoms with E-state index in [4.69, 9.17) is 5.11 Å². The van der Waals surface area contributed by atoms with Crippen LogP contribution < -0.4 is 5.32 Å². The van der Waals surface area contributed by atoms with Crippen molar-refractivity contribution in [2.24, 2.45) is 0 Å². The molecule has 0 bridgehead atoms. The fourth-order valence-corrected chi connectivity index (χ4v) is 4.09. The summed E-state index contributed by atoms with van der Waals surface area (Å²) in [6.07, 6.45) is 0. The molecule has 3 rings (SSSR count). The van der Waals surface area contributed by atoms with Gasteiger partial charge in [-0.3, -0.25) is 9.59 Å². The van der Waals surface area contributed by atoms with Crippen molar-refractivity contribution in [3.63, 3.8) is 0 Å². The highest BCUT2D eigenvalue weighted by Crippen LogP contribution is 2.23. The molecule has 1 atom stereocenters. The van der Waals surface area contributed by atoms with Crippen molar-refractivity contribution >= 4 is 21.7 Å². The lowest BCUT2D eigenvalue weighted by atomic mass is 10.0. The third kappa shape index (κ3) is 5.12. The van der Waals surface area contributed by atoms with E-state index >= 15 is 0 Å². The molecule has 0 radical (unpaired) electrons. The molecule has 0 spiro atoms. The minimum Gasteiger partial charge on any atom is -0.480 e. The van der Waals surface area contributed by atoms with Crippen LogP contribution in [0.25, 0.3) is 11.1 Å². The standard InChI is InChI=1S/C23H21NO5S/c1-16(17-6-3-2-4-7-17)24-23(27)20-9-5-8-19(14-20)18-10-12-21(13-11-18)30(28,29)15-22(25)26/h2-14,16H,15H2,1H3,(H,24,27)(H,25,26)/t16-/m0/s1. The van der Waals surface area contributed by atoms with Crippen LogP contribution >= 0.6 is 0 Å². The van der Waals surface area contributed by atoms with Gasteiger partial charge >= 0.3 is 5.97 Å². The molecular weight excluding hydrogens is 402 g/mol. The van der Waals surface area contributed by atoms with Gasteiger partial charge in [-0.05, 0) is 47.9 Å². The first kappa shape index (κ1) is 21.3. The quantitative estimate of drug-likeness (QED) is 0.603. The van der Waals surface area contributed by atoms with Gasteiger partial charge in [-0.1, -0.05) is 54.6 Å². The van der Waals surface area contributed by atoms with E-state index in [2.05, 4.69) is 5.32 Å². The Kier molecular flexibility index (Phi) is 6.32. The van der Waals surface area contributed by atoms with E-state index in [-0.39, 0.29) is 16.8 Å². The predicted molar refractivity (Wildman–Crippen MR) is 114 cm³/mol. The number of nitrogens with one attached hydrogen (secondary N) is 1. The van der Waals surface area contributed by atoms with Crippen molar-refractivity contribution in [1.82, 2.24) is 5.32 Å². The van der Waals surface area contributed by atoms with Gasteiger partial charge in [0.05, 0.1) is 10.9 Å². The Labute approximate surface area is 175 Å². The van der Waals surface area contributed by atoms with Crippen molar-refractivity contribution in [3.05, 3.63) is 90.0 Å². The summed E-state index contributed by atoms with van der Waals surface area (Å²) in [6.45, 7) is 1.91. The Morgan fingerprint density at radius 3 is 2.20 bits per heavy atom. The second kappa shape index (κ2) is 8.92. The largest absolute Gasteiger partial charge is 0.480 e. The van der Waals surface area contributed by atoms with Crippen molar-refractivity contribution in [2.45, 2.75) is 17.9 Å². The highest BCUT2D eigenvalue weighted by molar-refractivity contribution is 7.92. The topological polar surface area (TPSA) is 101 Å². The van der Waals surface area contributed by atoms with Gasteiger partial charge < -0.3 is 10.4 Å². The summed E-state index contributed by atoms with van der Waals surface area (Å²) in [5.74, 6) is -2.57. The first-order chi connectivity index (χ1) is 14.3. The Morgan fingerprint density at radius 2 is 1.57 bits per heavy atom. The van der Waals surface area contributed by atoms with E-state index in [1.807, 2.05) is 43.3 Å². The molecule has 3 aromatic rings. The molecule has 0 unspecified atom stereocenters. The number of carbonyl (C=O) groups excluding carboxylic acids is 1. The Bertz CT molecular complexity index is 1160. The lowest BCUT2D eigenvalue weighted by molar-refractivity contribution is -0.134. The van der Waals surface area contributed by atoms with Gasteiger partial charge in [-0.25, -0.2) is 8.42 Å². The highest BCUT2D eigenvalue weighted by Gasteiger charge is 2.19. The van der Waals surface area contributed by atoms with E-state index in [1.165, 1.54) is 12.1 Å². The summed E-state index contributed by atoms with van der Waals surface area (Å²) in [5.41, 5.74) is 2.95. The molecule has 6 nitrogen and oxygen atoms in total. The Balaban J connectivity index is 1.78. The summed E-state index contributed by atoms with van der Waals surface area (Å²) < 4.78 is 24.0. The van der Waals surface area contributed by atoms with Crippen LogP contribution in [0.4, 0.5) is 0 Å². The molecule has 0 saturated heterocycles. The Morgan fingerprint density at radius 1 is 0.900 bits per heavy atom. The van der Waals surface area contributed by atoms with Crippen LogP contribution in [0, 0.1) is 0 Å². The van der Waals surface area contributed by atoms with E-state index in [1.54, 1.807) is 30.3 Å². The van der Waals surface area contributed by atoms with E-state index < -0.39 is 21.6 Å². The summed E-state index contributed by atoms with van der Waals surface area (Å²) >= 11 is 0. The molecule has 0 fully saturated rings. The van der Waals surface area contributed by atoms with Crippen molar-refractivity contribution in [2.75, 3.05) is 5.75 Å². The summed E-state index contributed by atoms with van der Waals surface area (Å²) in [6, 6.07) is 22.4. The van der Waals surface area contributed by atoms with Crippen LogP contribution in [0.2, 0.25) is 0 Å². The van der Waals surface area contributed by atoms with Gasteiger partial charge in [0, 0.05) is 5.56 Å². The smallest absolute Gasteiger partial charge is 0.319 e. The lowest BCUT2D eigenvalue weighted by Gasteiger charge is -2.15. The number of sulfone groups is 1. The molecule has 3 aromatic carbocycles. The predicted octanol–water partition coefficient (Wildman–Crippen LogP) is 3.70. The van der Waals surface area contributed by atoms with Crippen molar-refractivity contribution < 1.29 is 23.1 Å². The molecule has 1 amide bonds. The average molecular weight is 423 g/mol. The first-order valence-corrected chi connectivity index (χ1v) is 10.9. The maximum atomic E-state index is 12.7. The molecule has 0 aliphatic heterocycles. The SMILES string of the molecule is C[C@H](NC(=O)c1cccc(-c2ccc(S(=O)(=O)CC(=O)O)cc2)c1)c1ccccc1. The summed E-state index contributed by atoms with van der Waals surface area (Å²) in [4.78, 5) is 23.3. The number of carboxylic acids is 1. The summed E-state index contributed by atoms with van der Waals surface area (Å²) in [5, 5.41) is 11.7. The second-order valence-electron chi connectivity index (χ2n) is 6.86. The van der Waals surface area contributed by atoms with Gasteiger partial charge in [0.2, 0.25) is 0 Å². The number of benzene rings is 3. The maximum absolute atomic E-state index is 12.7. The number of carbonyl (C=O) groups is 2. The van der Waals surface area contributed by atoms with Gasteiger partial charge in [0.15, 0.2) is 15.6 Å². The second-order valence-corrected chi connectivity index (χ2v) is 8.85. The number of hydrogen-bond acceptors (Lipinski definition) is 4. The zero-order valence-corrected chi connectivity index (χ0v) is 17.1. The van der Waals surface area contributed by atoms with Crippen LogP contribution in [0.5, 0.6) is 0 Å². The molecule has 154 valence electrons. The minimum absolute atomic E-state index is 0.0563. The fraction of sp³-hybridized carbons (Fsp3) is 0.130. The number of hydrogen-bond donors (Lipinski definition) is 2. The third-order valence-electron chi connectivity index (χ3n) is 4.63. The first-order valence-electron chi connectivity index (χ1n) is 9.27. The molecule has 0 aliphatic rings. The van der Waals surface area contributed by atoms with Crippen LogP contribution in [0.15, 0.2) is 83.8 Å². The van der Waals surface area contributed by atoms with Gasteiger partial charge in [-0.15, -0.1) is 0 Å². The van der Waals surface area contributed by atoms with E-state index in [0.717, 1.165) is 16.7 Å². The number of aliphatic carboxylic acids is 1. The molecule has 7 heteroatoms. The Hall–Kier alpha value is -3.45. The zero-order valence-electron chi connectivity index (χ0n) is 16.3. The molecule has 30 heavy (non-hydrogen) atoms. The minimum atomic E-state index is -3.88. The molecule has 0 aliphatic carbocycles. The van der Waals surface area contributed by atoms with Crippen LogP contribution in [0.3, 0.4) is 0 Å². The van der Waals surface area contributed by atoms with Crippen LogP contribution in [-0.2, 0) is 14.6 Å². The van der Waals surface area contributed by atoms with Gasteiger partial charge in [-0.2, -0.15) is 0 Å². The van der Waals surface area contributed by atoms with Gasteiger partial charge in [0.25, 0.3) is 5.91 Å². The molecule has 0 saturated carbocycles. The van der Waals surface area contributed by atoms with Crippen LogP contribution in [-0.4, -0.2) is 31.2 Å². The highest BCUT2D eigenvalue weighted by atomic mass is 32.2. The average Bonchev–Trinajstić information content (AvgIpc) is 2.73. The fourth-order valence-electron chi connectivity index (χ4n) is 3.05. The number of rotatable bonds is 7. The number of amides is 1. The van der Waals surface area contributed by atoms with E-state index in [9.17, 15) is 18.0 Å². The molecular formula is C23H21NO5S. The molecule has 0 heterocycles. The monoisotopic (exact) mass is 423 g/mol. The number of carboxylic acid groups (broad SMARTS) is 1. The molecule has 2 N–H and O–H groups in total. The van der Waals surface area contributed by atoms with Crippen LogP contribution in [0.1, 0.15) is 28.9 Å². The third-order valence-corrected chi connectivity index (χ3v) is 6.25.